The van der Waals surface area contributed by atoms with Gasteiger partial charge in [0, 0.05) is 12.7 Å². The van der Waals surface area contributed by atoms with Crippen LogP contribution < -0.4 is 11.0 Å². The Hall–Kier alpha value is -0.420. The van der Waals surface area contributed by atoms with E-state index in [1.807, 2.05) is 0 Å². The summed E-state index contributed by atoms with van der Waals surface area (Å²) in [4.78, 5) is 0. The zero-order valence-corrected chi connectivity index (χ0v) is 5.14. The van der Waals surface area contributed by atoms with Gasteiger partial charge in [-0.05, 0) is 0 Å². The second-order valence-corrected chi connectivity index (χ2v) is 2.45. The first-order valence-corrected chi connectivity index (χ1v) is 2.85. The van der Waals surface area contributed by atoms with E-state index in [0.29, 0.717) is 5.92 Å². The SMILES string of the molecule is COC1([NH+]([NH-])N)C2=C[C@@H]21. The van der Waals surface area contributed by atoms with E-state index in [2.05, 4.69) is 6.08 Å². The van der Waals surface area contributed by atoms with Crippen molar-refractivity contribution in [2.75, 3.05) is 7.11 Å². The number of ether oxygens (including phenoxy) is 1. The molecule has 0 bridgehead atoms. The highest BCUT2D eigenvalue weighted by Gasteiger charge is 2.75. The lowest BCUT2D eigenvalue weighted by atomic mass is 10.3. The van der Waals surface area contributed by atoms with Gasteiger partial charge in [0.25, 0.3) is 0 Å². The Morgan fingerprint density at radius 2 is 2.56 bits per heavy atom. The molecule has 4 nitrogen and oxygen atoms in total. The van der Waals surface area contributed by atoms with Gasteiger partial charge in [0.05, 0.1) is 5.92 Å². The molecule has 2 unspecified atom stereocenters. The van der Waals surface area contributed by atoms with Gasteiger partial charge in [-0.25, -0.2) is 0 Å². The third-order valence-electron chi connectivity index (χ3n) is 2.08. The largest absolute Gasteiger partial charge is 0.446 e. The molecule has 0 spiro atoms. The monoisotopic (exact) mass is 127 g/mol. The topological polar surface area (TPSA) is 63.5 Å². The summed E-state index contributed by atoms with van der Waals surface area (Å²) < 4.78 is 5.05. The summed E-state index contributed by atoms with van der Waals surface area (Å²) in [6.45, 7) is 0. The maximum atomic E-state index is 7.13. The highest BCUT2D eigenvalue weighted by molar-refractivity contribution is 5.57. The molecule has 0 heterocycles. The molecule has 4 heteroatoms. The zero-order valence-electron chi connectivity index (χ0n) is 5.14. The average molecular weight is 127 g/mol. The molecule has 1 fully saturated rings. The average Bonchev–Trinajstić information content (AvgIpc) is 2.48. The molecule has 0 aliphatic heterocycles. The van der Waals surface area contributed by atoms with Gasteiger partial charge in [0.15, 0.2) is 0 Å². The maximum absolute atomic E-state index is 7.13. The van der Waals surface area contributed by atoms with Gasteiger partial charge in [-0.2, -0.15) is 5.84 Å². The van der Waals surface area contributed by atoms with Crippen molar-refractivity contribution in [2.45, 2.75) is 5.72 Å². The summed E-state index contributed by atoms with van der Waals surface area (Å²) >= 11 is 0. The van der Waals surface area contributed by atoms with Crippen LogP contribution in [0, 0.1) is 5.92 Å². The van der Waals surface area contributed by atoms with Gasteiger partial charge in [-0.15, -0.1) is 0 Å². The number of hydrogen-bond acceptors (Lipinski definition) is 2. The molecule has 0 saturated heterocycles. The van der Waals surface area contributed by atoms with Crippen LogP contribution in [0.15, 0.2) is 11.6 Å². The fraction of sp³-hybridized carbons (Fsp3) is 0.600. The molecular formula is C5H9N3O. The van der Waals surface area contributed by atoms with Crippen molar-refractivity contribution in [1.29, 1.82) is 0 Å². The minimum atomic E-state index is -0.431. The standard InChI is InChI=1S/C5H9N3O/c1-9-5(8(6)7)3-2-4(3)5/h2-3,6,8H,7H2,1H3/t3-,5?/m0/s1. The van der Waals surface area contributed by atoms with Gasteiger partial charge >= 0.3 is 0 Å². The van der Waals surface area contributed by atoms with E-state index in [9.17, 15) is 0 Å². The Bertz CT molecular complexity index is 189. The first kappa shape index (κ1) is 5.37. The highest BCUT2D eigenvalue weighted by Crippen LogP contribution is 2.61. The molecule has 0 radical (unpaired) electrons. The van der Waals surface area contributed by atoms with E-state index < -0.39 is 5.72 Å². The maximum Gasteiger partial charge on any atom is 0.244 e. The molecule has 50 valence electrons. The molecule has 2 aliphatic rings. The lowest BCUT2D eigenvalue weighted by Gasteiger charge is -2.26. The molecule has 2 aliphatic carbocycles. The van der Waals surface area contributed by atoms with Crippen LogP contribution >= 0.6 is 0 Å². The van der Waals surface area contributed by atoms with E-state index in [1.165, 1.54) is 5.57 Å². The summed E-state index contributed by atoms with van der Waals surface area (Å²) in [7, 11) is 1.59. The van der Waals surface area contributed by atoms with Gasteiger partial charge in [0.1, 0.15) is 0 Å². The Morgan fingerprint density at radius 3 is 2.56 bits per heavy atom. The van der Waals surface area contributed by atoms with Gasteiger partial charge in [-0.1, -0.05) is 6.08 Å². The molecule has 2 rings (SSSR count). The van der Waals surface area contributed by atoms with Crippen molar-refractivity contribution in [3.05, 3.63) is 17.5 Å². The Kier molecular flexibility index (Phi) is 0.713. The number of nitrogens with two attached hydrogens (primary N) is 1. The number of fused-ring (bicyclic) bond motifs is 1. The second kappa shape index (κ2) is 1.19. The van der Waals surface area contributed by atoms with Crippen LogP contribution in [0.4, 0.5) is 0 Å². The minimum Gasteiger partial charge on any atom is -0.446 e. The van der Waals surface area contributed by atoms with Gasteiger partial charge < -0.3 is 10.6 Å². The summed E-state index contributed by atoms with van der Waals surface area (Å²) in [5, 5.41) is 0.146. The van der Waals surface area contributed by atoms with E-state index >= 15 is 0 Å². The third kappa shape index (κ3) is 0.391. The Labute approximate surface area is 53.0 Å². The third-order valence-corrected chi connectivity index (χ3v) is 2.08. The first-order valence-electron chi connectivity index (χ1n) is 2.85. The van der Waals surface area contributed by atoms with Crippen molar-refractivity contribution >= 4 is 0 Å². The highest BCUT2D eigenvalue weighted by atomic mass is 16.5. The molecule has 9 heavy (non-hydrogen) atoms. The second-order valence-electron chi connectivity index (χ2n) is 2.45. The predicted octanol–water partition coefficient (Wildman–Crippen LogP) is -1.38. The number of methoxy groups -OCH3 is 1. The molecule has 0 aromatic carbocycles. The summed E-state index contributed by atoms with van der Waals surface area (Å²) in [6, 6.07) is 0. The van der Waals surface area contributed by atoms with Crippen molar-refractivity contribution in [2.24, 2.45) is 11.8 Å². The normalized spacial score (nSPS) is 47.4. The molecular weight excluding hydrogens is 118 g/mol. The molecule has 0 aromatic rings. The Balaban J connectivity index is 2.14. The number of nitrogens with one attached hydrogen (secondary N) is 2. The van der Waals surface area contributed by atoms with Crippen LogP contribution in [0.3, 0.4) is 0 Å². The first-order chi connectivity index (χ1) is 4.23. The molecule has 4 N–H and O–H groups in total. The lowest BCUT2D eigenvalue weighted by molar-refractivity contribution is -0.926. The van der Waals surface area contributed by atoms with E-state index in [4.69, 9.17) is 16.4 Å². The Morgan fingerprint density at radius 1 is 2.00 bits per heavy atom. The number of rotatable bonds is 2. The van der Waals surface area contributed by atoms with Crippen LogP contribution in [0.2, 0.25) is 0 Å². The van der Waals surface area contributed by atoms with Crippen LogP contribution in [0.5, 0.6) is 0 Å². The lowest BCUT2D eigenvalue weighted by Crippen LogP contribution is -3.18. The molecule has 3 atom stereocenters. The van der Waals surface area contributed by atoms with Crippen molar-refractivity contribution in [3.63, 3.8) is 0 Å². The molecule has 0 aromatic heterocycles. The molecule has 0 amide bonds. The van der Waals surface area contributed by atoms with Gasteiger partial charge in [-0.3, -0.25) is 5.12 Å². The fourth-order valence-corrected chi connectivity index (χ4v) is 1.31. The van der Waals surface area contributed by atoms with Crippen LogP contribution in [0.1, 0.15) is 0 Å². The van der Waals surface area contributed by atoms with Crippen LogP contribution in [-0.4, -0.2) is 12.8 Å². The van der Waals surface area contributed by atoms with Gasteiger partial charge in [0.2, 0.25) is 5.72 Å². The predicted molar refractivity (Wildman–Crippen MR) is 30.8 cm³/mol. The van der Waals surface area contributed by atoms with Crippen molar-refractivity contribution in [3.8, 4) is 0 Å². The summed E-state index contributed by atoms with van der Waals surface area (Å²) in [6.07, 6.45) is 2.06. The fourth-order valence-electron chi connectivity index (χ4n) is 1.31. The number of quaternary nitrogens is 1. The summed E-state index contributed by atoms with van der Waals surface area (Å²) in [5.74, 6) is 12.8. The van der Waals surface area contributed by atoms with Crippen LogP contribution in [-0.2, 0) is 4.74 Å². The summed E-state index contributed by atoms with van der Waals surface area (Å²) in [5.41, 5.74) is 0.762. The van der Waals surface area contributed by atoms with E-state index in [1.54, 1.807) is 7.11 Å². The van der Waals surface area contributed by atoms with Crippen LogP contribution in [0.25, 0.3) is 5.84 Å². The minimum absolute atomic E-state index is 0.146. The zero-order chi connectivity index (χ0) is 6.65. The van der Waals surface area contributed by atoms with E-state index in [-0.39, 0.29) is 5.12 Å². The van der Waals surface area contributed by atoms with Crippen molar-refractivity contribution < 1.29 is 9.85 Å². The van der Waals surface area contributed by atoms with E-state index in [0.717, 1.165) is 0 Å². The molecule has 1 saturated carbocycles. The quantitative estimate of drug-likeness (QED) is 0.208. The number of hydrogen-bond donors (Lipinski definition) is 2. The van der Waals surface area contributed by atoms with Crippen molar-refractivity contribution in [1.82, 2.24) is 0 Å². The smallest absolute Gasteiger partial charge is 0.244 e.